The van der Waals surface area contributed by atoms with E-state index in [1.807, 2.05) is 11.6 Å². The average Bonchev–Trinajstić information content (AvgIpc) is 2.92. The summed E-state index contributed by atoms with van der Waals surface area (Å²) in [5, 5.41) is 0. The van der Waals surface area contributed by atoms with Crippen LogP contribution < -0.4 is 10.6 Å². The second-order valence-corrected chi connectivity index (χ2v) is 9.20. The Balaban J connectivity index is 1.66. The number of anilines is 1. The van der Waals surface area contributed by atoms with Crippen molar-refractivity contribution in [3.63, 3.8) is 0 Å². The number of hydrogen-bond donors (Lipinski definition) is 0. The van der Waals surface area contributed by atoms with Crippen LogP contribution in [0.15, 0.2) is 47.3 Å². The number of nitrogens with zero attached hydrogens (tertiary/aromatic N) is 4. The molecule has 1 aromatic carbocycles. The SMILES string of the molecule is Cn1c(=O)n(CC(C)(C)C)c2ccc(N3CCCC(c4ccccc4)C3)nc21. The van der Waals surface area contributed by atoms with E-state index in [-0.39, 0.29) is 11.1 Å². The minimum absolute atomic E-state index is 0.00961. The van der Waals surface area contributed by atoms with Gasteiger partial charge in [-0.15, -0.1) is 0 Å². The third kappa shape index (κ3) is 3.58. The summed E-state index contributed by atoms with van der Waals surface area (Å²) < 4.78 is 3.54. The van der Waals surface area contributed by atoms with Crippen molar-refractivity contribution in [3.8, 4) is 0 Å². The first-order valence-corrected chi connectivity index (χ1v) is 10.2. The fraction of sp³-hybridized carbons (Fsp3) is 0.478. The molecule has 5 nitrogen and oxygen atoms in total. The van der Waals surface area contributed by atoms with Gasteiger partial charge < -0.3 is 4.90 Å². The van der Waals surface area contributed by atoms with Gasteiger partial charge in [-0.1, -0.05) is 51.1 Å². The lowest BCUT2D eigenvalue weighted by atomic mass is 9.91. The molecule has 1 aliphatic rings. The molecule has 1 unspecified atom stereocenters. The molecule has 0 saturated carbocycles. The highest BCUT2D eigenvalue weighted by Gasteiger charge is 2.24. The monoisotopic (exact) mass is 378 g/mol. The number of pyridine rings is 1. The van der Waals surface area contributed by atoms with Gasteiger partial charge in [0.05, 0.1) is 5.52 Å². The highest BCUT2D eigenvalue weighted by atomic mass is 16.1. The van der Waals surface area contributed by atoms with E-state index < -0.39 is 0 Å². The van der Waals surface area contributed by atoms with Gasteiger partial charge in [0, 0.05) is 32.6 Å². The van der Waals surface area contributed by atoms with Gasteiger partial charge in [0.25, 0.3) is 0 Å². The van der Waals surface area contributed by atoms with Crippen LogP contribution in [-0.2, 0) is 13.6 Å². The number of benzene rings is 1. The van der Waals surface area contributed by atoms with Gasteiger partial charge >= 0.3 is 5.69 Å². The van der Waals surface area contributed by atoms with Gasteiger partial charge in [0.15, 0.2) is 5.65 Å². The molecule has 148 valence electrons. The van der Waals surface area contributed by atoms with Gasteiger partial charge in [0.2, 0.25) is 0 Å². The second-order valence-electron chi connectivity index (χ2n) is 9.20. The molecule has 3 heterocycles. The molecule has 1 saturated heterocycles. The van der Waals surface area contributed by atoms with Crippen LogP contribution in [0.1, 0.15) is 45.1 Å². The summed E-state index contributed by atoms with van der Waals surface area (Å²) in [6.07, 6.45) is 2.37. The molecule has 2 aromatic heterocycles. The molecule has 0 spiro atoms. The van der Waals surface area contributed by atoms with Crippen molar-refractivity contribution in [2.45, 2.75) is 46.1 Å². The van der Waals surface area contributed by atoms with Gasteiger partial charge in [-0.25, -0.2) is 9.78 Å². The fourth-order valence-electron chi connectivity index (χ4n) is 4.25. The summed E-state index contributed by atoms with van der Waals surface area (Å²) in [4.78, 5) is 20.0. The van der Waals surface area contributed by atoms with E-state index in [2.05, 4.69) is 68.1 Å². The molecule has 3 aromatic rings. The van der Waals surface area contributed by atoms with Crippen LogP contribution in [0, 0.1) is 5.41 Å². The summed E-state index contributed by atoms with van der Waals surface area (Å²) in [6, 6.07) is 14.9. The van der Waals surface area contributed by atoms with Crippen molar-refractivity contribution in [3.05, 3.63) is 58.5 Å². The first kappa shape index (κ1) is 18.8. The Labute approximate surface area is 166 Å². The molecule has 0 aliphatic carbocycles. The van der Waals surface area contributed by atoms with Crippen LogP contribution in [0.3, 0.4) is 0 Å². The lowest BCUT2D eigenvalue weighted by Crippen LogP contribution is -2.34. The minimum atomic E-state index is 0.00961. The van der Waals surface area contributed by atoms with Gasteiger partial charge in [-0.3, -0.25) is 9.13 Å². The maximum atomic E-state index is 12.8. The lowest BCUT2D eigenvalue weighted by molar-refractivity contribution is 0.342. The largest absolute Gasteiger partial charge is 0.356 e. The number of rotatable bonds is 3. The van der Waals surface area contributed by atoms with Gasteiger partial charge in [-0.05, 0) is 36.0 Å². The molecule has 0 N–H and O–H groups in total. The average molecular weight is 379 g/mol. The zero-order valence-corrected chi connectivity index (χ0v) is 17.4. The summed E-state index contributed by atoms with van der Waals surface area (Å²) >= 11 is 0. The normalized spacial score (nSPS) is 18.0. The third-order valence-corrected chi connectivity index (χ3v) is 5.61. The van der Waals surface area contributed by atoms with Crippen molar-refractivity contribution in [2.75, 3.05) is 18.0 Å². The van der Waals surface area contributed by atoms with Crippen LogP contribution in [0.5, 0.6) is 0 Å². The number of imidazole rings is 1. The standard InChI is InChI=1S/C23H30N4O/c1-23(2,3)16-27-19-12-13-20(24-21(19)25(4)22(27)28)26-14-8-11-18(15-26)17-9-6-5-7-10-17/h5-7,9-10,12-13,18H,8,11,14-16H2,1-4H3. The first-order valence-electron chi connectivity index (χ1n) is 10.2. The van der Waals surface area contributed by atoms with E-state index in [9.17, 15) is 4.79 Å². The summed E-state index contributed by atoms with van der Waals surface area (Å²) in [5.41, 5.74) is 3.13. The van der Waals surface area contributed by atoms with E-state index in [1.54, 1.807) is 4.57 Å². The molecule has 4 rings (SSSR count). The van der Waals surface area contributed by atoms with E-state index in [1.165, 1.54) is 12.0 Å². The van der Waals surface area contributed by atoms with Crippen LogP contribution in [0.2, 0.25) is 0 Å². The van der Waals surface area contributed by atoms with Crippen molar-refractivity contribution < 1.29 is 0 Å². The maximum Gasteiger partial charge on any atom is 0.330 e. The Bertz CT molecular complexity index is 1030. The first-order chi connectivity index (χ1) is 13.3. The Morgan fingerprint density at radius 1 is 1.11 bits per heavy atom. The Kier molecular flexibility index (Phi) is 4.77. The number of aromatic nitrogens is 3. The zero-order valence-electron chi connectivity index (χ0n) is 17.4. The topological polar surface area (TPSA) is 43.1 Å². The molecule has 28 heavy (non-hydrogen) atoms. The number of aryl methyl sites for hydroxylation is 1. The fourth-order valence-corrected chi connectivity index (χ4v) is 4.25. The van der Waals surface area contributed by atoms with Crippen LogP contribution in [-0.4, -0.2) is 27.2 Å². The summed E-state index contributed by atoms with van der Waals surface area (Å²) in [7, 11) is 1.82. The second kappa shape index (κ2) is 7.12. The van der Waals surface area contributed by atoms with Crippen molar-refractivity contribution in [1.29, 1.82) is 0 Å². The quantitative estimate of drug-likeness (QED) is 0.687. The lowest BCUT2D eigenvalue weighted by Gasteiger charge is -2.34. The minimum Gasteiger partial charge on any atom is -0.356 e. The summed E-state index contributed by atoms with van der Waals surface area (Å²) in [5.74, 6) is 1.50. The molecule has 0 amide bonds. The molecule has 1 fully saturated rings. The van der Waals surface area contributed by atoms with Crippen molar-refractivity contribution in [2.24, 2.45) is 12.5 Å². The molecule has 1 aliphatic heterocycles. The van der Waals surface area contributed by atoms with E-state index >= 15 is 0 Å². The zero-order chi connectivity index (χ0) is 19.9. The van der Waals surface area contributed by atoms with E-state index in [0.29, 0.717) is 12.5 Å². The Morgan fingerprint density at radius 2 is 1.86 bits per heavy atom. The van der Waals surface area contributed by atoms with E-state index in [4.69, 9.17) is 4.98 Å². The van der Waals surface area contributed by atoms with Crippen molar-refractivity contribution >= 4 is 17.0 Å². The van der Waals surface area contributed by atoms with Gasteiger partial charge in [-0.2, -0.15) is 0 Å². The predicted octanol–water partition coefficient (Wildman–Crippen LogP) is 4.17. The Hall–Kier alpha value is -2.56. The molecule has 1 atom stereocenters. The van der Waals surface area contributed by atoms with Crippen LogP contribution >= 0.6 is 0 Å². The summed E-state index contributed by atoms with van der Waals surface area (Å²) in [6.45, 7) is 9.12. The molecular weight excluding hydrogens is 348 g/mol. The van der Waals surface area contributed by atoms with Crippen LogP contribution in [0.4, 0.5) is 5.82 Å². The number of fused-ring (bicyclic) bond motifs is 1. The number of piperidine rings is 1. The molecule has 0 radical (unpaired) electrons. The maximum absolute atomic E-state index is 12.8. The van der Waals surface area contributed by atoms with Gasteiger partial charge in [0.1, 0.15) is 5.82 Å². The molecular formula is C23H30N4O. The van der Waals surface area contributed by atoms with E-state index in [0.717, 1.165) is 36.5 Å². The number of hydrogen-bond acceptors (Lipinski definition) is 3. The predicted molar refractivity (Wildman–Crippen MR) is 115 cm³/mol. The van der Waals surface area contributed by atoms with Crippen LogP contribution in [0.25, 0.3) is 11.2 Å². The molecule has 5 heteroatoms. The highest BCUT2D eigenvalue weighted by Crippen LogP contribution is 2.30. The Morgan fingerprint density at radius 3 is 2.57 bits per heavy atom. The molecule has 0 bridgehead atoms. The third-order valence-electron chi connectivity index (χ3n) is 5.61. The highest BCUT2D eigenvalue weighted by molar-refractivity contribution is 5.74. The smallest absolute Gasteiger partial charge is 0.330 e. The van der Waals surface area contributed by atoms with Crippen molar-refractivity contribution in [1.82, 2.24) is 14.1 Å².